The third-order valence-electron chi connectivity index (χ3n) is 7.05. The summed E-state index contributed by atoms with van der Waals surface area (Å²) in [4.78, 5) is 14.3. The van der Waals surface area contributed by atoms with Crippen LogP contribution in [0.3, 0.4) is 0 Å². The standard InChI is InChI=1S/C31H35NO5/c1-21-23(12-8-13-25(21)24-10-6-5-7-11-24)16-15-22-18-28(35-2)26(29(19-22)36-3)20-32-17-9-14-27(33)30(32)31(34)37-4/h5-8,10-13,15-16,18-19,27,30,33H,9,14,17,20H2,1-4H3. The molecule has 1 fully saturated rings. The van der Waals surface area contributed by atoms with E-state index in [4.69, 9.17) is 14.2 Å². The zero-order valence-electron chi connectivity index (χ0n) is 21.9. The quantitative estimate of drug-likeness (QED) is 0.332. The van der Waals surface area contributed by atoms with Crippen LogP contribution in [-0.2, 0) is 16.1 Å². The zero-order chi connectivity index (χ0) is 26.4. The van der Waals surface area contributed by atoms with Crippen LogP contribution in [0.25, 0.3) is 23.3 Å². The number of hydrogen-bond acceptors (Lipinski definition) is 6. The van der Waals surface area contributed by atoms with E-state index in [1.54, 1.807) is 14.2 Å². The van der Waals surface area contributed by atoms with Gasteiger partial charge >= 0.3 is 5.97 Å². The molecule has 0 amide bonds. The third kappa shape index (κ3) is 5.87. The fraction of sp³-hybridized carbons (Fsp3) is 0.323. The Balaban J connectivity index is 1.63. The topological polar surface area (TPSA) is 68.2 Å². The van der Waals surface area contributed by atoms with Gasteiger partial charge in [-0.05, 0) is 66.3 Å². The van der Waals surface area contributed by atoms with Crippen molar-refractivity contribution < 1.29 is 24.1 Å². The molecular weight excluding hydrogens is 466 g/mol. The first-order chi connectivity index (χ1) is 18.0. The highest BCUT2D eigenvalue weighted by atomic mass is 16.5. The fourth-order valence-electron chi connectivity index (χ4n) is 5.06. The Morgan fingerprint density at radius 2 is 1.70 bits per heavy atom. The minimum Gasteiger partial charge on any atom is -0.496 e. The predicted octanol–water partition coefficient (Wildman–Crippen LogP) is 5.35. The summed E-state index contributed by atoms with van der Waals surface area (Å²) in [5.74, 6) is 0.896. The number of carbonyl (C=O) groups is 1. The van der Waals surface area contributed by atoms with Crippen LogP contribution >= 0.6 is 0 Å². The Hall–Kier alpha value is -3.61. The summed E-state index contributed by atoms with van der Waals surface area (Å²) in [5.41, 5.74) is 6.50. The zero-order valence-corrected chi connectivity index (χ0v) is 21.9. The lowest BCUT2D eigenvalue weighted by Gasteiger charge is -2.37. The van der Waals surface area contributed by atoms with E-state index in [0.717, 1.165) is 23.1 Å². The second kappa shape index (κ2) is 12.1. The van der Waals surface area contributed by atoms with E-state index in [9.17, 15) is 9.90 Å². The Morgan fingerprint density at radius 3 is 2.35 bits per heavy atom. The predicted molar refractivity (Wildman–Crippen MR) is 147 cm³/mol. The second-order valence-electron chi connectivity index (χ2n) is 9.27. The van der Waals surface area contributed by atoms with E-state index in [0.29, 0.717) is 31.0 Å². The van der Waals surface area contributed by atoms with Gasteiger partial charge in [0.2, 0.25) is 0 Å². The maximum absolute atomic E-state index is 12.4. The molecule has 1 aliphatic rings. The van der Waals surface area contributed by atoms with Crippen molar-refractivity contribution in [3.8, 4) is 22.6 Å². The largest absolute Gasteiger partial charge is 0.496 e. The van der Waals surface area contributed by atoms with Gasteiger partial charge in [-0.15, -0.1) is 0 Å². The van der Waals surface area contributed by atoms with Gasteiger partial charge in [-0.25, -0.2) is 0 Å². The summed E-state index contributed by atoms with van der Waals surface area (Å²) < 4.78 is 16.5. The number of ether oxygens (including phenoxy) is 3. The number of benzene rings is 3. The molecule has 1 aliphatic heterocycles. The average Bonchev–Trinajstić information content (AvgIpc) is 2.93. The fourth-order valence-corrected chi connectivity index (χ4v) is 5.06. The van der Waals surface area contributed by atoms with Crippen molar-refractivity contribution in [1.29, 1.82) is 0 Å². The number of rotatable bonds is 8. The molecule has 1 heterocycles. The number of hydrogen-bond donors (Lipinski definition) is 1. The Labute approximate surface area is 219 Å². The van der Waals surface area contributed by atoms with Gasteiger partial charge in [0.15, 0.2) is 0 Å². The highest BCUT2D eigenvalue weighted by Crippen LogP contribution is 2.35. The van der Waals surface area contributed by atoms with Crippen LogP contribution in [-0.4, -0.2) is 56.0 Å². The molecule has 0 bridgehead atoms. The maximum atomic E-state index is 12.4. The smallest absolute Gasteiger partial charge is 0.325 e. The van der Waals surface area contributed by atoms with Crippen molar-refractivity contribution in [2.45, 2.75) is 38.5 Å². The van der Waals surface area contributed by atoms with Crippen molar-refractivity contribution in [1.82, 2.24) is 4.90 Å². The lowest BCUT2D eigenvalue weighted by atomic mass is 9.95. The highest BCUT2D eigenvalue weighted by Gasteiger charge is 2.37. The monoisotopic (exact) mass is 501 g/mol. The van der Waals surface area contributed by atoms with Crippen LogP contribution in [0.2, 0.25) is 0 Å². The molecule has 37 heavy (non-hydrogen) atoms. The van der Waals surface area contributed by atoms with Gasteiger partial charge in [-0.3, -0.25) is 9.69 Å². The first-order valence-electron chi connectivity index (χ1n) is 12.5. The van der Waals surface area contributed by atoms with Crippen LogP contribution in [0.4, 0.5) is 0 Å². The van der Waals surface area contributed by atoms with Gasteiger partial charge in [-0.2, -0.15) is 0 Å². The molecular formula is C31H35NO5. The molecule has 0 spiro atoms. The van der Waals surface area contributed by atoms with E-state index >= 15 is 0 Å². The molecule has 0 aromatic heterocycles. The highest BCUT2D eigenvalue weighted by molar-refractivity contribution is 5.78. The number of nitrogens with zero attached hydrogens (tertiary/aromatic N) is 1. The number of esters is 1. The summed E-state index contributed by atoms with van der Waals surface area (Å²) in [6, 6.07) is 19.9. The third-order valence-corrected chi connectivity index (χ3v) is 7.05. The maximum Gasteiger partial charge on any atom is 0.325 e. The van der Waals surface area contributed by atoms with Crippen LogP contribution in [0, 0.1) is 6.92 Å². The summed E-state index contributed by atoms with van der Waals surface area (Å²) in [6.07, 6.45) is 4.74. The second-order valence-corrected chi connectivity index (χ2v) is 9.27. The Bertz CT molecular complexity index is 1230. The van der Waals surface area contributed by atoms with Crippen LogP contribution in [0.5, 0.6) is 11.5 Å². The minimum absolute atomic E-state index is 0.394. The van der Waals surface area contributed by atoms with Crippen molar-refractivity contribution in [3.05, 3.63) is 82.9 Å². The minimum atomic E-state index is -0.768. The van der Waals surface area contributed by atoms with Crippen LogP contribution in [0.15, 0.2) is 60.7 Å². The normalized spacial score (nSPS) is 18.1. The number of methoxy groups -OCH3 is 3. The Kier molecular flexibility index (Phi) is 8.64. The summed E-state index contributed by atoms with van der Waals surface area (Å²) in [5, 5.41) is 10.5. The van der Waals surface area contributed by atoms with E-state index in [1.807, 2.05) is 29.2 Å². The molecule has 2 atom stereocenters. The first kappa shape index (κ1) is 26.5. The molecule has 6 nitrogen and oxygen atoms in total. The van der Waals surface area contributed by atoms with Gasteiger partial charge in [0.25, 0.3) is 0 Å². The molecule has 0 saturated carbocycles. The van der Waals surface area contributed by atoms with E-state index in [1.165, 1.54) is 23.8 Å². The summed E-state index contributed by atoms with van der Waals surface area (Å²) in [6.45, 7) is 3.20. The number of piperidine rings is 1. The lowest BCUT2D eigenvalue weighted by molar-refractivity contribution is -0.154. The number of likely N-dealkylation sites (tertiary alicyclic amines) is 1. The SMILES string of the molecule is COC(=O)C1C(O)CCCN1Cc1c(OC)cc(C=Cc2cccc(-c3ccccc3)c2C)cc1OC. The first-order valence-corrected chi connectivity index (χ1v) is 12.5. The average molecular weight is 502 g/mol. The van der Waals surface area contributed by atoms with Gasteiger partial charge in [0.1, 0.15) is 17.5 Å². The van der Waals surface area contributed by atoms with Crippen molar-refractivity contribution in [2.24, 2.45) is 0 Å². The molecule has 194 valence electrons. The van der Waals surface area contributed by atoms with Crippen molar-refractivity contribution in [3.63, 3.8) is 0 Å². The summed E-state index contributed by atoms with van der Waals surface area (Å²) >= 11 is 0. The molecule has 6 heteroatoms. The molecule has 2 unspecified atom stereocenters. The Morgan fingerprint density at radius 1 is 1.00 bits per heavy atom. The lowest BCUT2D eigenvalue weighted by Crippen LogP contribution is -2.52. The molecule has 3 aromatic rings. The van der Waals surface area contributed by atoms with E-state index < -0.39 is 18.1 Å². The number of carbonyl (C=O) groups excluding carboxylic acids is 1. The number of aliphatic hydroxyl groups is 1. The molecule has 3 aromatic carbocycles. The van der Waals surface area contributed by atoms with Gasteiger partial charge in [0.05, 0.1) is 33.0 Å². The van der Waals surface area contributed by atoms with Gasteiger partial charge in [0, 0.05) is 6.54 Å². The van der Waals surface area contributed by atoms with Crippen LogP contribution < -0.4 is 9.47 Å². The van der Waals surface area contributed by atoms with Crippen molar-refractivity contribution in [2.75, 3.05) is 27.9 Å². The van der Waals surface area contributed by atoms with E-state index in [2.05, 4.69) is 55.5 Å². The molecule has 1 saturated heterocycles. The molecule has 0 aliphatic carbocycles. The van der Waals surface area contributed by atoms with Gasteiger partial charge < -0.3 is 19.3 Å². The van der Waals surface area contributed by atoms with Crippen LogP contribution in [0.1, 0.15) is 35.1 Å². The van der Waals surface area contributed by atoms with E-state index in [-0.39, 0.29) is 0 Å². The van der Waals surface area contributed by atoms with Gasteiger partial charge in [-0.1, -0.05) is 60.7 Å². The molecule has 0 radical (unpaired) electrons. The molecule has 1 N–H and O–H groups in total. The summed E-state index contributed by atoms with van der Waals surface area (Å²) in [7, 11) is 4.60. The molecule has 4 rings (SSSR count). The van der Waals surface area contributed by atoms with Crippen molar-refractivity contribution >= 4 is 18.1 Å². The number of aliphatic hydroxyl groups excluding tert-OH is 1.